The van der Waals surface area contributed by atoms with E-state index in [0.717, 1.165) is 23.7 Å². The van der Waals surface area contributed by atoms with E-state index < -0.39 is 0 Å². The quantitative estimate of drug-likeness (QED) is 0.345. The number of rotatable bonds is 13. The van der Waals surface area contributed by atoms with Crippen LogP contribution in [0.3, 0.4) is 0 Å². The van der Waals surface area contributed by atoms with E-state index in [0.29, 0.717) is 0 Å². The highest BCUT2D eigenvalue weighted by atomic mass is 14.8. The summed E-state index contributed by atoms with van der Waals surface area (Å²) < 4.78 is 0. The third-order valence-electron chi connectivity index (χ3n) is 5.60. The van der Waals surface area contributed by atoms with Crippen LogP contribution in [-0.4, -0.2) is 9.97 Å². The molecule has 0 unspecified atom stereocenters. The molecule has 0 aliphatic carbocycles. The normalized spacial score (nSPS) is 12.3. The molecule has 2 heteroatoms. The summed E-state index contributed by atoms with van der Waals surface area (Å²) in [5.74, 6) is 0.842. The Bertz CT molecular complexity index is 616. The lowest BCUT2D eigenvalue weighted by Crippen LogP contribution is -1.95. The van der Waals surface area contributed by atoms with Crippen LogP contribution in [0.2, 0.25) is 0 Å². The zero-order chi connectivity index (χ0) is 19.3. The lowest BCUT2D eigenvalue weighted by atomic mass is 9.98. The van der Waals surface area contributed by atoms with Gasteiger partial charge in [0.25, 0.3) is 0 Å². The number of benzene rings is 1. The highest BCUT2D eigenvalue weighted by Crippen LogP contribution is 2.19. The predicted molar refractivity (Wildman–Crippen MR) is 117 cm³/mol. The minimum atomic E-state index is 0.842. The largest absolute Gasteiger partial charge is 0.257 e. The monoisotopic (exact) mass is 366 g/mol. The highest BCUT2D eigenvalue weighted by molar-refractivity contribution is 5.58. The van der Waals surface area contributed by atoms with Crippen molar-refractivity contribution in [3.63, 3.8) is 0 Å². The van der Waals surface area contributed by atoms with Crippen molar-refractivity contribution in [3.8, 4) is 11.3 Å². The molecule has 0 saturated carbocycles. The van der Waals surface area contributed by atoms with Gasteiger partial charge in [-0.25, -0.2) is 0 Å². The number of hydrogen-bond acceptors (Lipinski definition) is 2. The molecule has 27 heavy (non-hydrogen) atoms. The highest BCUT2D eigenvalue weighted by Gasteiger charge is 2.03. The van der Waals surface area contributed by atoms with Crippen molar-refractivity contribution in [2.75, 3.05) is 0 Å². The molecule has 0 N–H and O–H groups in total. The molecule has 0 aliphatic rings. The lowest BCUT2D eigenvalue weighted by Gasteiger charge is -2.08. The van der Waals surface area contributed by atoms with Crippen LogP contribution < -0.4 is 0 Å². The van der Waals surface area contributed by atoms with Crippen molar-refractivity contribution < 1.29 is 0 Å². The van der Waals surface area contributed by atoms with Crippen LogP contribution in [0.5, 0.6) is 0 Å². The summed E-state index contributed by atoms with van der Waals surface area (Å²) in [4.78, 5) is 9.27. The van der Waals surface area contributed by atoms with Gasteiger partial charge in [-0.2, -0.15) is 0 Å². The summed E-state index contributed by atoms with van der Waals surface area (Å²) in [6, 6.07) is 8.88. The fraction of sp³-hybridized carbons (Fsp3) is 0.600. The van der Waals surface area contributed by atoms with E-state index in [1.807, 2.05) is 12.4 Å². The Kier molecular flexibility index (Phi) is 10.1. The average molecular weight is 367 g/mol. The van der Waals surface area contributed by atoms with Crippen LogP contribution in [0.15, 0.2) is 36.7 Å². The Labute approximate surface area is 166 Å². The van der Waals surface area contributed by atoms with Crippen LogP contribution in [0.1, 0.15) is 89.8 Å². The predicted octanol–water partition coefficient (Wildman–Crippen LogP) is 7.42. The van der Waals surface area contributed by atoms with Gasteiger partial charge in [0.2, 0.25) is 0 Å². The van der Waals surface area contributed by atoms with Crippen molar-refractivity contribution in [1.29, 1.82) is 0 Å². The number of aromatic nitrogens is 2. The number of nitrogens with zero attached hydrogens (tertiary/aromatic N) is 2. The van der Waals surface area contributed by atoms with E-state index in [4.69, 9.17) is 0 Å². The SMILES string of the molecule is CCCCCCCCc1cnc(-c2ccc(CCC[C@@H](C)CC)cc2)cn1. The molecule has 0 amide bonds. The van der Waals surface area contributed by atoms with Gasteiger partial charge >= 0.3 is 0 Å². The van der Waals surface area contributed by atoms with Crippen LogP contribution in [0.4, 0.5) is 0 Å². The number of unbranched alkanes of at least 4 members (excludes halogenated alkanes) is 5. The molecule has 0 aliphatic heterocycles. The molecule has 148 valence electrons. The molecule has 2 nitrogen and oxygen atoms in total. The molecular weight excluding hydrogens is 328 g/mol. The van der Waals surface area contributed by atoms with Gasteiger partial charge in [0.05, 0.1) is 17.6 Å². The zero-order valence-corrected chi connectivity index (χ0v) is 17.7. The Balaban J connectivity index is 1.77. The first-order valence-electron chi connectivity index (χ1n) is 11.1. The summed E-state index contributed by atoms with van der Waals surface area (Å²) in [6.45, 7) is 6.88. The van der Waals surface area contributed by atoms with E-state index in [-0.39, 0.29) is 0 Å². The van der Waals surface area contributed by atoms with Gasteiger partial charge < -0.3 is 0 Å². The molecule has 1 heterocycles. The first kappa shape index (κ1) is 21.6. The summed E-state index contributed by atoms with van der Waals surface area (Å²) in [6.07, 6.45) is 17.9. The summed E-state index contributed by atoms with van der Waals surface area (Å²) in [5, 5.41) is 0. The van der Waals surface area contributed by atoms with Gasteiger partial charge in [-0.1, -0.05) is 90.0 Å². The first-order chi connectivity index (χ1) is 13.2. The third kappa shape index (κ3) is 8.24. The summed E-state index contributed by atoms with van der Waals surface area (Å²) >= 11 is 0. The van der Waals surface area contributed by atoms with Crippen molar-refractivity contribution in [2.45, 2.75) is 91.4 Å². The standard InChI is InChI=1S/C25H38N2/c1-4-6-7-8-9-10-14-24-19-27-25(20-26-24)23-17-15-22(16-18-23)13-11-12-21(3)5-2/h15-21H,4-14H2,1-3H3/t21-/m0/s1. The van der Waals surface area contributed by atoms with Gasteiger partial charge in [0.15, 0.2) is 0 Å². The molecule has 2 aromatic rings. The molecule has 1 atom stereocenters. The summed E-state index contributed by atoms with van der Waals surface area (Å²) in [5.41, 5.74) is 4.69. The second-order valence-electron chi connectivity index (χ2n) is 8.01. The van der Waals surface area contributed by atoms with Gasteiger partial charge in [-0.3, -0.25) is 9.97 Å². The number of hydrogen-bond donors (Lipinski definition) is 0. The minimum absolute atomic E-state index is 0.842. The third-order valence-corrected chi connectivity index (χ3v) is 5.60. The molecular formula is C25H38N2. The van der Waals surface area contributed by atoms with Gasteiger partial charge in [0, 0.05) is 11.8 Å². The molecule has 0 radical (unpaired) electrons. The fourth-order valence-corrected chi connectivity index (χ4v) is 3.42. The van der Waals surface area contributed by atoms with Crippen molar-refractivity contribution in [3.05, 3.63) is 47.9 Å². The van der Waals surface area contributed by atoms with E-state index >= 15 is 0 Å². The van der Waals surface area contributed by atoms with Crippen molar-refractivity contribution >= 4 is 0 Å². The van der Waals surface area contributed by atoms with Crippen molar-refractivity contribution in [2.24, 2.45) is 5.92 Å². The second kappa shape index (κ2) is 12.6. The number of aryl methyl sites for hydroxylation is 2. The van der Waals surface area contributed by atoms with Gasteiger partial charge in [-0.05, 0) is 37.2 Å². The van der Waals surface area contributed by atoms with Crippen LogP contribution >= 0.6 is 0 Å². The fourth-order valence-electron chi connectivity index (χ4n) is 3.42. The maximum absolute atomic E-state index is 4.64. The van der Waals surface area contributed by atoms with E-state index in [2.05, 4.69) is 55.0 Å². The molecule has 0 spiro atoms. The van der Waals surface area contributed by atoms with Crippen LogP contribution in [0.25, 0.3) is 11.3 Å². The van der Waals surface area contributed by atoms with Gasteiger partial charge in [0.1, 0.15) is 0 Å². The smallest absolute Gasteiger partial charge is 0.0885 e. The summed E-state index contributed by atoms with van der Waals surface area (Å²) in [7, 11) is 0. The molecule has 2 rings (SSSR count). The first-order valence-corrected chi connectivity index (χ1v) is 11.1. The minimum Gasteiger partial charge on any atom is -0.257 e. The maximum Gasteiger partial charge on any atom is 0.0885 e. The maximum atomic E-state index is 4.64. The molecule has 1 aromatic carbocycles. The topological polar surface area (TPSA) is 25.8 Å². The average Bonchev–Trinajstić information content (AvgIpc) is 2.71. The lowest BCUT2D eigenvalue weighted by molar-refractivity contribution is 0.496. The zero-order valence-electron chi connectivity index (χ0n) is 17.7. The van der Waals surface area contributed by atoms with E-state index in [1.54, 1.807) is 0 Å². The van der Waals surface area contributed by atoms with E-state index in [1.165, 1.54) is 75.3 Å². The molecule has 0 bridgehead atoms. The molecule has 0 saturated heterocycles. The van der Waals surface area contributed by atoms with Crippen molar-refractivity contribution in [1.82, 2.24) is 9.97 Å². The molecule has 0 fully saturated rings. The Morgan fingerprint density at radius 3 is 2.19 bits per heavy atom. The Morgan fingerprint density at radius 2 is 1.52 bits per heavy atom. The van der Waals surface area contributed by atoms with Crippen LogP contribution in [-0.2, 0) is 12.8 Å². The van der Waals surface area contributed by atoms with Crippen LogP contribution in [0, 0.1) is 5.92 Å². The second-order valence-corrected chi connectivity index (χ2v) is 8.01. The Hall–Kier alpha value is -1.70. The molecule has 1 aromatic heterocycles. The van der Waals surface area contributed by atoms with E-state index in [9.17, 15) is 0 Å². The van der Waals surface area contributed by atoms with Gasteiger partial charge in [-0.15, -0.1) is 0 Å². The Morgan fingerprint density at radius 1 is 0.778 bits per heavy atom.